The first-order valence-corrected chi connectivity index (χ1v) is 7.09. The summed E-state index contributed by atoms with van der Waals surface area (Å²) in [5.41, 5.74) is 4.00. The third kappa shape index (κ3) is 4.81. The standard InChI is InChI=1S/C17H18F3N3/c1-16(2,3)13-6-4-12(5-7-13)10-22-23-15-9-8-14(11-21-15)17(18,19)20/h4-11H,1-3H3,(H,21,23)/b22-10-. The van der Waals surface area contributed by atoms with Crippen molar-refractivity contribution in [3.63, 3.8) is 0 Å². The smallest absolute Gasteiger partial charge is 0.261 e. The first-order chi connectivity index (χ1) is 10.7. The summed E-state index contributed by atoms with van der Waals surface area (Å²) in [4.78, 5) is 3.68. The van der Waals surface area contributed by atoms with Gasteiger partial charge in [0, 0.05) is 6.20 Å². The van der Waals surface area contributed by atoms with Crippen LogP contribution in [0.3, 0.4) is 0 Å². The minimum Gasteiger partial charge on any atom is -0.261 e. The SMILES string of the molecule is CC(C)(C)c1ccc(/C=N\Nc2ccc(C(F)(F)F)cn2)cc1. The Balaban J connectivity index is 1.99. The predicted molar refractivity (Wildman–Crippen MR) is 85.6 cm³/mol. The summed E-state index contributed by atoms with van der Waals surface area (Å²) in [5.74, 6) is 0.251. The fourth-order valence-corrected chi connectivity index (χ4v) is 1.87. The maximum Gasteiger partial charge on any atom is 0.417 e. The van der Waals surface area contributed by atoms with Crippen LogP contribution in [0.15, 0.2) is 47.7 Å². The van der Waals surface area contributed by atoms with E-state index in [-0.39, 0.29) is 11.2 Å². The van der Waals surface area contributed by atoms with E-state index < -0.39 is 11.7 Å². The molecule has 0 aliphatic rings. The molecule has 1 heterocycles. The predicted octanol–water partition coefficient (Wildman–Crippen LogP) is 4.84. The molecule has 122 valence electrons. The summed E-state index contributed by atoms with van der Waals surface area (Å²) in [6.45, 7) is 6.40. The highest BCUT2D eigenvalue weighted by atomic mass is 19.4. The van der Waals surface area contributed by atoms with Crippen molar-refractivity contribution in [1.29, 1.82) is 0 Å². The lowest BCUT2D eigenvalue weighted by Gasteiger charge is -2.18. The first-order valence-electron chi connectivity index (χ1n) is 7.09. The number of nitrogens with one attached hydrogen (secondary N) is 1. The second-order valence-electron chi connectivity index (χ2n) is 6.17. The number of rotatable bonds is 3. The highest BCUT2D eigenvalue weighted by molar-refractivity contribution is 5.80. The number of aromatic nitrogens is 1. The maximum atomic E-state index is 12.4. The molecule has 0 aliphatic carbocycles. The van der Waals surface area contributed by atoms with E-state index in [0.717, 1.165) is 17.8 Å². The van der Waals surface area contributed by atoms with Gasteiger partial charge >= 0.3 is 6.18 Å². The molecule has 1 N–H and O–H groups in total. The first kappa shape index (κ1) is 17.0. The lowest BCUT2D eigenvalue weighted by Crippen LogP contribution is -2.10. The molecule has 0 saturated carbocycles. The zero-order chi connectivity index (χ0) is 17.1. The maximum absolute atomic E-state index is 12.4. The lowest BCUT2D eigenvalue weighted by atomic mass is 9.87. The second kappa shape index (κ2) is 6.40. The zero-order valence-electron chi connectivity index (χ0n) is 13.1. The quantitative estimate of drug-likeness (QED) is 0.648. The van der Waals surface area contributed by atoms with E-state index in [0.29, 0.717) is 0 Å². The van der Waals surface area contributed by atoms with Crippen LogP contribution in [-0.4, -0.2) is 11.2 Å². The minimum absolute atomic E-state index is 0.0814. The molecule has 0 radical (unpaired) electrons. The summed E-state index contributed by atoms with van der Waals surface area (Å²) in [7, 11) is 0. The normalized spacial score (nSPS) is 12.6. The van der Waals surface area contributed by atoms with Crippen molar-refractivity contribution in [3.8, 4) is 0 Å². The molecule has 0 bridgehead atoms. The molecule has 1 aromatic heterocycles. The zero-order valence-corrected chi connectivity index (χ0v) is 13.1. The van der Waals surface area contributed by atoms with E-state index >= 15 is 0 Å². The minimum atomic E-state index is -4.39. The van der Waals surface area contributed by atoms with Crippen LogP contribution in [0.25, 0.3) is 0 Å². The number of benzene rings is 1. The summed E-state index contributed by atoms with van der Waals surface area (Å²) in [5, 5.41) is 3.98. The van der Waals surface area contributed by atoms with E-state index in [1.54, 1.807) is 6.21 Å². The van der Waals surface area contributed by atoms with Gasteiger partial charge in [-0.3, -0.25) is 5.43 Å². The number of pyridine rings is 1. The number of anilines is 1. The van der Waals surface area contributed by atoms with E-state index in [1.807, 2.05) is 24.3 Å². The Kier molecular flexibility index (Phi) is 4.73. The van der Waals surface area contributed by atoms with Gasteiger partial charge < -0.3 is 0 Å². The molecule has 3 nitrogen and oxygen atoms in total. The Morgan fingerprint density at radius 3 is 2.04 bits per heavy atom. The number of hydrogen-bond donors (Lipinski definition) is 1. The monoisotopic (exact) mass is 321 g/mol. The van der Waals surface area contributed by atoms with Gasteiger partial charge in [0.15, 0.2) is 0 Å². The molecule has 2 rings (SSSR count). The number of alkyl halides is 3. The van der Waals surface area contributed by atoms with Crippen molar-refractivity contribution >= 4 is 12.0 Å². The van der Waals surface area contributed by atoms with Crippen molar-refractivity contribution < 1.29 is 13.2 Å². The van der Waals surface area contributed by atoms with Gasteiger partial charge in [0.25, 0.3) is 0 Å². The van der Waals surface area contributed by atoms with Gasteiger partial charge in [-0.05, 0) is 28.7 Å². The lowest BCUT2D eigenvalue weighted by molar-refractivity contribution is -0.137. The van der Waals surface area contributed by atoms with Crippen molar-refractivity contribution in [2.45, 2.75) is 32.4 Å². The summed E-state index contributed by atoms with van der Waals surface area (Å²) < 4.78 is 37.3. The van der Waals surface area contributed by atoms with Gasteiger partial charge in [0.1, 0.15) is 5.82 Å². The largest absolute Gasteiger partial charge is 0.417 e. The van der Waals surface area contributed by atoms with Gasteiger partial charge in [-0.1, -0.05) is 45.0 Å². The molecule has 0 atom stereocenters. The number of hydrazone groups is 1. The number of nitrogens with zero attached hydrogens (tertiary/aromatic N) is 2. The molecule has 23 heavy (non-hydrogen) atoms. The van der Waals surface area contributed by atoms with Crippen LogP contribution in [-0.2, 0) is 11.6 Å². The topological polar surface area (TPSA) is 37.3 Å². The van der Waals surface area contributed by atoms with Crippen LogP contribution < -0.4 is 5.43 Å². The van der Waals surface area contributed by atoms with Gasteiger partial charge in [0.05, 0.1) is 11.8 Å². The van der Waals surface area contributed by atoms with E-state index in [9.17, 15) is 13.2 Å². The Bertz CT molecular complexity index is 666. The van der Waals surface area contributed by atoms with E-state index in [2.05, 4.69) is 36.3 Å². The molecule has 0 fully saturated rings. The third-order valence-corrected chi connectivity index (χ3v) is 3.26. The van der Waals surface area contributed by atoms with Gasteiger partial charge in [-0.25, -0.2) is 4.98 Å². The number of halogens is 3. The van der Waals surface area contributed by atoms with Crippen LogP contribution in [0.1, 0.15) is 37.5 Å². The van der Waals surface area contributed by atoms with Crippen molar-refractivity contribution in [3.05, 3.63) is 59.3 Å². The summed E-state index contributed by atoms with van der Waals surface area (Å²) >= 11 is 0. The van der Waals surface area contributed by atoms with Crippen LogP contribution >= 0.6 is 0 Å². The molecular formula is C17H18F3N3. The molecule has 0 spiro atoms. The molecular weight excluding hydrogens is 303 g/mol. The van der Waals surface area contributed by atoms with Crippen LogP contribution in [0.4, 0.5) is 19.0 Å². The van der Waals surface area contributed by atoms with E-state index in [4.69, 9.17) is 0 Å². The second-order valence-corrected chi connectivity index (χ2v) is 6.17. The fraction of sp³-hybridized carbons (Fsp3) is 0.294. The number of hydrogen-bond acceptors (Lipinski definition) is 3. The van der Waals surface area contributed by atoms with Gasteiger partial charge in [-0.15, -0.1) is 0 Å². The summed E-state index contributed by atoms with van der Waals surface area (Å²) in [6.07, 6.45) is -2.02. The van der Waals surface area contributed by atoms with Gasteiger partial charge in [-0.2, -0.15) is 18.3 Å². The van der Waals surface area contributed by atoms with Gasteiger partial charge in [0.2, 0.25) is 0 Å². The fourth-order valence-electron chi connectivity index (χ4n) is 1.87. The van der Waals surface area contributed by atoms with Crippen LogP contribution in [0, 0.1) is 0 Å². The Labute approximate surface area is 133 Å². The average Bonchev–Trinajstić information content (AvgIpc) is 2.46. The third-order valence-electron chi connectivity index (χ3n) is 3.26. The molecule has 0 saturated heterocycles. The Morgan fingerprint density at radius 1 is 0.957 bits per heavy atom. The Hall–Kier alpha value is -2.37. The van der Waals surface area contributed by atoms with Crippen molar-refractivity contribution in [2.75, 3.05) is 5.43 Å². The summed E-state index contributed by atoms with van der Waals surface area (Å²) in [6, 6.07) is 10.1. The van der Waals surface area contributed by atoms with E-state index in [1.165, 1.54) is 11.6 Å². The highest BCUT2D eigenvalue weighted by Crippen LogP contribution is 2.28. The van der Waals surface area contributed by atoms with Crippen molar-refractivity contribution in [1.82, 2.24) is 4.98 Å². The Morgan fingerprint density at radius 2 is 1.57 bits per heavy atom. The highest BCUT2D eigenvalue weighted by Gasteiger charge is 2.30. The molecule has 1 aromatic carbocycles. The molecule has 0 unspecified atom stereocenters. The molecule has 0 amide bonds. The molecule has 0 aliphatic heterocycles. The molecule has 6 heteroatoms. The van der Waals surface area contributed by atoms with Crippen molar-refractivity contribution in [2.24, 2.45) is 5.10 Å². The van der Waals surface area contributed by atoms with Crippen LogP contribution in [0.5, 0.6) is 0 Å². The van der Waals surface area contributed by atoms with Crippen LogP contribution in [0.2, 0.25) is 0 Å². The molecule has 2 aromatic rings. The average molecular weight is 321 g/mol.